The van der Waals surface area contributed by atoms with Gasteiger partial charge in [-0.1, -0.05) is 41.9 Å². The van der Waals surface area contributed by atoms with Gasteiger partial charge in [0, 0.05) is 29.6 Å². The van der Waals surface area contributed by atoms with Crippen LogP contribution in [0.25, 0.3) is 0 Å². The first-order valence-corrected chi connectivity index (χ1v) is 15.1. The van der Waals surface area contributed by atoms with Gasteiger partial charge in [0.1, 0.15) is 27.0 Å². The maximum atomic E-state index is 13.5. The minimum absolute atomic E-state index is 0.0522. The number of aryl methyl sites for hydroxylation is 1. The van der Waals surface area contributed by atoms with Crippen LogP contribution in [0.4, 0.5) is 4.79 Å². The molecule has 2 atom stereocenters. The first-order chi connectivity index (χ1) is 20.2. The summed E-state index contributed by atoms with van der Waals surface area (Å²) in [4.78, 5) is 62.9. The van der Waals surface area contributed by atoms with Crippen molar-refractivity contribution in [2.24, 2.45) is 0 Å². The van der Waals surface area contributed by atoms with Crippen LogP contribution in [0.3, 0.4) is 0 Å². The summed E-state index contributed by atoms with van der Waals surface area (Å²) in [6.07, 6.45) is 0.931. The molecule has 0 bridgehead atoms. The molecule has 228 valence electrons. The number of hydrazine groups is 1. The zero-order chi connectivity index (χ0) is 31.4. The number of nitrogens with zero attached hydrogens (tertiary/aromatic N) is 3. The average molecular weight is 627 g/mol. The third kappa shape index (κ3) is 8.29. The van der Waals surface area contributed by atoms with Crippen molar-refractivity contribution in [1.29, 1.82) is 0 Å². The van der Waals surface area contributed by atoms with Crippen molar-refractivity contribution >= 4 is 46.8 Å². The Balaban J connectivity index is 1.48. The Kier molecular flexibility index (Phi) is 9.71. The molecule has 2 aromatic heterocycles. The standard InChI is InChI=1S/C30H35ClN6O5S/c1-18-17-43-25(32-18)22-12-9-13-37(22)26(39)20-14-21(33-23(31)15-20)24(38)35-36-27(40)30(5,16-19-10-7-6-8-11-19)34-28(41)42-29(2,3)4/h6-8,10-11,14-15,17,22H,9,12-13,16H2,1-5H3,(H,34,41)(H,35,38)(H,36,40)/t22-,30-/m1/s1. The molecule has 1 fully saturated rings. The largest absolute Gasteiger partial charge is 0.444 e. The van der Waals surface area contributed by atoms with E-state index in [4.69, 9.17) is 16.3 Å². The summed E-state index contributed by atoms with van der Waals surface area (Å²) in [5, 5.41) is 5.39. The maximum Gasteiger partial charge on any atom is 0.408 e. The highest BCUT2D eigenvalue weighted by atomic mass is 35.5. The zero-order valence-electron chi connectivity index (χ0n) is 24.7. The highest BCUT2D eigenvalue weighted by molar-refractivity contribution is 7.09. The predicted octanol–water partition coefficient (Wildman–Crippen LogP) is 4.76. The number of aromatic nitrogens is 2. The van der Waals surface area contributed by atoms with Crippen LogP contribution >= 0.6 is 22.9 Å². The molecule has 11 nitrogen and oxygen atoms in total. The number of halogens is 1. The number of hydrogen-bond donors (Lipinski definition) is 3. The lowest BCUT2D eigenvalue weighted by molar-refractivity contribution is -0.127. The van der Waals surface area contributed by atoms with Crippen LogP contribution < -0.4 is 16.2 Å². The minimum atomic E-state index is -1.50. The van der Waals surface area contributed by atoms with Gasteiger partial charge in [-0.2, -0.15) is 0 Å². The second-order valence-electron chi connectivity index (χ2n) is 11.6. The number of alkyl carbamates (subject to hydrolysis) is 1. The number of hydrogen-bond acceptors (Lipinski definition) is 8. The highest BCUT2D eigenvalue weighted by Gasteiger charge is 2.37. The van der Waals surface area contributed by atoms with Crippen LogP contribution in [-0.4, -0.2) is 56.4 Å². The highest BCUT2D eigenvalue weighted by Crippen LogP contribution is 2.35. The summed E-state index contributed by atoms with van der Waals surface area (Å²) in [5.74, 6) is -1.79. The SMILES string of the molecule is Cc1csc([C@H]2CCCN2C(=O)c2cc(Cl)nc(C(=O)NNC(=O)[C@@](C)(Cc3ccccc3)NC(=O)OC(C)(C)C)c2)n1. The Hall–Kier alpha value is -4.03. The molecule has 13 heteroatoms. The first kappa shape index (κ1) is 31.9. The molecule has 0 radical (unpaired) electrons. The first-order valence-electron chi connectivity index (χ1n) is 13.8. The Morgan fingerprint density at radius 3 is 2.44 bits per heavy atom. The summed E-state index contributed by atoms with van der Waals surface area (Å²) in [6, 6.07) is 11.7. The zero-order valence-corrected chi connectivity index (χ0v) is 26.3. The molecule has 1 aliphatic heterocycles. The lowest BCUT2D eigenvalue weighted by Crippen LogP contribution is -2.61. The molecule has 4 amide bonds. The Bertz CT molecular complexity index is 1510. The normalized spacial score (nSPS) is 16.2. The van der Waals surface area contributed by atoms with Crippen molar-refractivity contribution < 1.29 is 23.9 Å². The molecular formula is C30H35ClN6O5S. The lowest BCUT2D eigenvalue weighted by Gasteiger charge is -2.31. The molecule has 0 spiro atoms. The molecule has 0 unspecified atom stereocenters. The molecule has 3 heterocycles. The fourth-order valence-corrected chi connectivity index (χ4v) is 5.88. The number of pyridine rings is 1. The summed E-state index contributed by atoms with van der Waals surface area (Å²) < 4.78 is 5.36. The lowest BCUT2D eigenvalue weighted by atomic mass is 9.92. The van der Waals surface area contributed by atoms with E-state index in [0.29, 0.717) is 6.54 Å². The van der Waals surface area contributed by atoms with Crippen molar-refractivity contribution in [3.05, 3.63) is 80.5 Å². The van der Waals surface area contributed by atoms with E-state index in [1.165, 1.54) is 30.4 Å². The van der Waals surface area contributed by atoms with Gasteiger partial charge in [0.05, 0.1) is 6.04 Å². The van der Waals surface area contributed by atoms with Crippen molar-refractivity contribution in [3.8, 4) is 0 Å². The van der Waals surface area contributed by atoms with Gasteiger partial charge in [-0.3, -0.25) is 25.2 Å². The molecule has 1 aromatic carbocycles. The molecule has 3 aromatic rings. The van der Waals surface area contributed by atoms with Gasteiger partial charge in [0.25, 0.3) is 17.7 Å². The minimum Gasteiger partial charge on any atom is -0.444 e. The number of rotatable bonds is 7. The molecule has 1 saturated heterocycles. The quantitative estimate of drug-likeness (QED) is 0.253. The van der Waals surface area contributed by atoms with E-state index in [9.17, 15) is 19.2 Å². The predicted molar refractivity (Wildman–Crippen MR) is 163 cm³/mol. The van der Waals surface area contributed by atoms with Gasteiger partial charge < -0.3 is 15.0 Å². The molecular weight excluding hydrogens is 592 g/mol. The van der Waals surface area contributed by atoms with Crippen molar-refractivity contribution in [3.63, 3.8) is 0 Å². The van der Waals surface area contributed by atoms with Gasteiger partial charge >= 0.3 is 6.09 Å². The fraction of sp³-hybridized carbons (Fsp3) is 0.400. The Morgan fingerprint density at radius 2 is 1.79 bits per heavy atom. The number of amides is 4. The second kappa shape index (κ2) is 13.1. The smallest absolute Gasteiger partial charge is 0.408 e. The number of nitrogens with one attached hydrogen (secondary N) is 3. The third-order valence-electron chi connectivity index (χ3n) is 6.68. The van der Waals surface area contributed by atoms with E-state index < -0.39 is 29.0 Å². The third-order valence-corrected chi connectivity index (χ3v) is 7.93. The van der Waals surface area contributed by atoms with Crippen molar-refractivity contribution in [1.82, 2.24) is 31.0 Å². The molecule has 3 N–H and O–H groups in total. The van der Waals surface area contributed by atoms with E-state index in [1.807, 2.05) is 42.6 Å². The van der Waals surface area contributed by atoms with Gasteiger partial charge in [-0.15, -0.1) is 11.3 Å². The fourth-order valence-electron chi connectivity index (χ4n) is 4.72. The summed E-state index contributed by atoms with van der Waals surface area (Å²) in [6.45, 7) is 9.11. The molecule has 0 saturated carbocycles. The topological polar surface area (TPSA) is 143 Å². The van der Waals surface area contributed by atoms with E-state index in [1.54, 1.807) is 25.7 Å². The van der Waals surface area contributed by atoms with E-state index >= 15 is 0 Å². The number of benzene rings is 1. The number of ether oxygens (including phenoxy) is 1. The van der Waals surface area contributed by atoms with Gasteiger partial charge in [0.2, 0.25) is 0 Å². The van der Waals surface area contributed by atoms with E-state index in [-0.39, 0.29) is 34.8 Å². The monoisotopic (exact) mass is 626 g/mol. The van der Waals surface area contributed by atoms with E-state index in [0.717, 1.165) is 29.1 Å². The second-order valence-corrected chi connectivity index (χ2v) is 12.9. The number of carbonyl (C=O) groups excluding carboxylic acids is 4. The van der Waals surface area contributed by atoms with E-state index in [2.05, 4.69) is 26.1 Å². The van der Waals surface area contributed by atoms with Crippen LogP contribution in [0.5, 0.6) is 0 Å². The molecule has 43 heavy (non-hydrogen) atoms. The molecule has 1 aliphatic rings. The Labute approximate surface area is 259 Å². The van der Waals surface area contributed by atoms with Crippen LogP contribution in [0.2, 0.25) is 5.15 Å². The number of carbonyl (C=O) groups is 4. The summed E-state index contributed by atoms with van der Waals surface area (Å²) in [5.41, 5.74) is 4.11. The van der Waals surface area contributed by atoms with Crippen molar-refractivity contribution in [2.75, 3.05) is 6.54 Å². The summed E-state index contributed by atoms with van der Waals surface area (Å²) in [7, 11) is 0. The van der Waals surface area contributed by atoms with Crippen LogP contribution in [-0.2, 0) is 16.0 Å². The van der Waals surface area contributed by atoms with Crippen molar-refractivity contribution in [2.45, 2.75) is 71.1 Å². The van der Waals surface area contributed by atoms with Gasteiger partial charge in [-0.25, -0.2) is 14.8 Å². The van der Waals surface area contributed by atoms with Crippen LogP contribution in [0, 0.1) is 6.92 Å². The Morgan fingerprint density at radius 1 is 1.07 bits per heavy atom. The maximum absolute atomic E-state index is 13.5. The molecule has 4 rings (SSSR count). The van der Waals surface area contributed by atoms with Gasteiger partial charge in [-0.05, 0) is 65.2 Å². The molecule has 0 aliphatic carbocycles. The van der Waals surface area contributed by atoms with Crippen LogP contribution in [0.1, 0.15) is 83.7 Å². The average Bonchev–Trinajstić information content (AvgIpc) is 3.59. The number of thiazole rings is 1. The number of likely N-dealkylation sites (tertiary alicyclic amines) is 1. The van der Waals surface area contributed by atoms with Gasteiger partial charge in [0.15, 0.2) is 0 Å². The summed E-state index contributed by atoms with van der Waals surface area (Å²) >= 11 is 7.73. The van der Waals surface area contributed by atoms with Crippen LogP contribution in [0.15, 0.2) is 47.8 Å².